The molecule has 1 aliphatic rings. The monoisotopic (exact) mass is 312 g/mol. The molecule has 1 aliphatic heterocycles. The Balaban J connectivity index is 2.76. The first-order valence-corrected chi connectivity index (χ1v) is 9.68. The molecule has 1 heterocycles. The van der Waals surface area contributed by atoms with E-state index in [0.29, 0.717) is 13.1 Å². The summed E-state index contributed by atoms with van der Waals surface area (Å²) in [5.41, 5.74) is 5.32. The van der Waals surface area contributed by atoms with Crippen molar-refractivity contribution >= 4 is 19.9 Å². The molecule has 6 nitrogen and oxygen atoms in total. The maximum absolute atomic E-state index is 12.4. The SMILES string of the molecule is CN(CC(C)(C)CN)S(=O)(=O)C1CCS(=O)(=O)CC1. The van der Waals surface area contributed by atoms with Crippen molar-refractivity contribution in [2.75, 3.05) is 31.6 Å². The third kappa shape index (κ3) is 4.40. The summed E-state index contributed by atoms with van der Waals surface area (Å²) >= 11 is 0. The summed E-state index contributed by atoms with van der Waals surface area (Å²) in [4.78, 5) is 0. The molecule has 0 radical (unpaired) electrons. The van der Waals surface area contributed by atoms with Gasteiger partial charge in [0.05, 0.1) is 16.8 Å². The highest BCUT2D eigenvalue weighted by molar-refractivity contribution is 7.92. The Labute approximate surface area is 116 Å². The maximum Gasteiger partial charge on any atom is 0.216 e. The quantitative estimate of drug-likeness (QED) is 0.759. The second kappa shape index (κ2) is 5.67. The molecule has 0 saturated carbocycles. The molecular formula is C11H24N2O4S2. The number of nitrogens with two attached hydrogens (primary N) is 1. The molecule has 19 heavy (non-hydrogen) atoms. The van der Waals surface area contributed by atoms with Gasteiger partial charge >= 0.3 is 0 Å². The maximum atomic E-state index is 12.4. The van der Waals surface area contributed by atoms with Gasteiger partial charge in [0.15, 0.2) is 0 Å². The zero-order valence-electron chi connectivity index (χ0n) is 11.8. The highest BCUT2D eigenvalue weighted by Gasteiger charge is 2.36. The molecule has 0 amide bonds. The second-order valence-electron chi connectivity index (χ2n) is 6.02. The van der Waals surface area contributed by atoms with Crippen molar-refractivity contribution in [1.82, 2.24) is 4.31 Å². The van der Waals surface area contributed by atoms with Crippen molar-refractivity contribution in [1.29, 1.82) is 0 Å². The van der Waals surface area contributed by atoms with Crippen LogP contribution in [-0.2, 0) is 19.9 Å². The van der Waals surface area contributed by atoms with Crippen molar-refractivity contribution < 1.29 is 16.8 Å². The van der Waals surface area contributed by atoms with Crippen molar-refractivity contribution in [2.24, 2.45) is 11.1 Å². The Hall–Kier alpha value is -0.180. The fraction of sp³-hybridized carbons (Fsp3) is 1.00. The molecule has 1 saturated heterocycles. The average molecular weight is 312 g/mol. The smallest absolute Gasteiger partial charge is 0.216 e. The first-order valence-electron chi connectivity index (χ1n) is 6.36. The molecule has 0 bridgehead atoms. The van der Waals surface area contributed by atoms with E-state index in [1.54, 1.807) is 0 Å². The first kappa shape index (κ1) is 16.9. The molecule has 0 spiro atoms. The molecule has 0 aromatic rings. The first-order chi connectivity index (χ1) is 8.50. The van der Waals surface area contributed by atoms with E-state index in [1.165, 1.54) is 11.4 Å². The molecule has 2 N–H and O–H groups in total. The minimum Gasteiger partial charge on any atom is -0.330 e. The van der Waals surface area contributed by atoms with E-state index in [-0.39, 0.29) is 29.8 Å². The number of nitrogens with zero attached hydrogens (tertiary/aromatic N) is 1. The summed E-state index contributed by atoms with van der Waals surface area (Å²) in [7, 11) is -4.95. The Kier molecular flexibility index (Phi) is 5.03. The number of sulfone groups is 1. The van der Waals surface area contributed by atoms with E-state index in [2.05, 4.69) is 0 Å². The van der Waals surface area contributed by atoms with Gasteiger partial charge in [-0.25, -0.2) is 21.1 Å². The predicted octanol–water partition coefficient (Wildman–Crippen LogP) is -0.190. The third-order valence-corrected chi connectivity index (χ3v) is 7.59. The largest absolute Gasteiger partial charge is 0.330 e. The van der Waals surface area contributed by atoms with Crippen LogP contribution in [0.15, 0.2) is 0 Å². The Morgan fingerprint density at radius 1 is 1.26 bits per heavy atom. The van der Waals surface area contributed by atoms with E-state index in [0.717, 1.165) is 0 Å². The average Bonchev–Trinajstić information content (AvgIpc) is 2.27. The minimum absolute atomic E-state index is 0.0367. The summed E-state index contributed by atoms with van der Waals surface area (Å²) in [5.74, 6) is -0.0734. The summed E-state index contributed by atoms with van der Waals surface area (Å²) < 4.78 is 48.8. The third-order valence-electron chi connectivity index (χ3n) is 3.56. The lowest BCUT2D eigenvalue weighted by Crippen LogP contribution is -2.45. The normalized spacial score (nSPS) is 21.7. The Morgan fingerprint density at radius 3 is 2.16 bits per heavy atom. The molecular weight excluding hydrogens is 288 g/mol. The van der Waals surface area contributed by atoms with Crippen LogP contribution < -0.4 is 5.73 Å². The number of hydrogen-bond donors (Lipinski definition) is 1. The number of sulfonamides is 1. The highest BCUT2D eigenvalue weighted by Crippen LogP contribution is 2.24. The summed E-state index contributed by atoms with van der Waals surface area (Å²) in [6.45, 7) is 4.55. The molecule has 0 aromatic carbocycles. The van der Waals surface area contributed by atoms with Crippen LogP contribution in [0.2, 0.25) is 0 Å². The van der Waals surface area contributed by atoms with Gasteiger partial charge in [-0.15, -0.1) is 0 Å². The number of hydrogen-bond acceptors (Lipinski definition) is 5. The Bertz CT molecular complexity index is 497. The van der Waals surface area contributed by atoms with Crippen molar-refractivity contribution in [3.63, 3.8) is 0 Å². The van der Waals surface area contributed by atoms with E-state index in [9.17, 15) is 16.8 Å². The topological polar surface area (TPSA) is 97.5 Å². The van der Waals surface area contributed by atoms with Crippen molar-refractivity contribution in [3.05, 3.63) is 0 Å². The van der Waals surface area contributed by atoms with E-state index >= 15 is 0 Å². The molecule has 0 unspecified atom stereocenters. The molecule has 1 rings (SSSR count). The van der Waals surface area contributed by atoms with Crippen molar-refractivity contribution in [3.8, 4) is 0 Å². The van der Waals surface area contributed by atoms with Crippen LogP contribution in [-0.4, -0.2) is 58.0 Å². The fourth-order valence-corrected chi connectivity index (χ4v) is 5.84. The van der Waals surface area contributed by atoms with Crippen LogP contribution in [0.25, 0.3) is 0 Å². The lowest BCUT2D eigenvalue weighted by Gasteiger charge is -2.32. The lowest BCUT2D eigenvalue weighted by molar-refractivity contribution is 0.289. The standard InChI is InChI=1S/C11H24N2O4S2/c1-11(2,8-12)9-13(3)19(16,17)10-4-6-18(14,15)7-5-10/h10H,4-9,12H2,1-3H3. The van der Waals surface area contributed by atoms with Crippen LogP contribution in [0.3, 0.4) is 0 Å². The van der Waals surface area contributed by atoms with Crippen LogP contribution in [0.4, 0.5) is 0 Å². The zero-order chi connectivity index (χ0) is 14.9. The van der Waals surface area contributed by atoms with Gasteiger partial charge in [-0.1, -0.05) is 13.8 Å². The summed E-state index contributed by atoms with van der Waals surface area (Å²) in [6, 6.07) is 0. The van der Waals surface area contributed by atoms with Gasteiger partial charge in [-0.05, 0) is 24.8 Å². The van der Waals surface area contributed by atoms with Crippen LogP contribution in [0.5, 0.6) is 0 Å². The molecule has 8 heteroatoms. The molecule has 0 atom stereocenters. The van der Waals surface area contributed by atoms with Gasteiger partial charge in [0.25, 0.3) is 0 Å². The van der Waals surface area contributed by atoms with Crippen LogP contribution in [0, 0.1) is 5.41 Å². The molecule has 0 aliphatic carbocycles. The van der Waals surface area contributed by atoms with E-state index < -0.39 is 25.1 Å². The lowest BCUT2D eigenvalue weighted by atomic mass is 9.94. The Morgan fingerprint density at radius 2 is 1.74 bits per heavy atom. The second-order valence-corrected chi connectivity index (χ2v) is 10.6. The predicted molar refractivity (Wildman–Crippen MR) is 76.1 cm³/mol. The molecule has 114 valence electrons. The van der Waals surface area contributed by atoms with Crippen LogP contribution >= 0.6 is 0 Å². The van der Waals surface area contributed by atoms with Gasteiger partial charge in [-0.3, -0.25) is 0 Å². The van der Waals surface area contributed by atoms with Crippen LogP contribution in [0.1, 0.15) is 26.7 Å². The van der Waals surface area contributed by atoms with Gasteiger partial charge in [0, 0.05) is 13.6 Å². The number of rotatable bonds is 5. The van der Waals surface area contributed by atoms with Gasteiger partial charge in [0.2, 0.25) is 10.0 Å². The van der Waals surface area contributed by atoms with E-state index in [4.69, 9.17) is 5.73 Å². The highest BCUT2D eigenvalue weighted by atomic mass is 32.2. The molecule has 1 fully saturated rings. The van der Waals surface area contributed by atoms with Gasteiger partial charge in [0.1, 0.15) is 9.84 Å². The summed E-state index contributed by atoms with van der Waals surface area (Å²) in [5, 5.41) is -0.588. The van der Waals surface area contributed by atoms with Crippen molar-refractivity contribution in [2.45, 2.75) is 31.9 Å². The summed E-state index contributed by atoms with van der Waals surface area (Å²) in [6.07, 6.45) is 0.385. The van der Waals surface area contributed by atoms with Gasteiger partial charge < -0.3 is 5.73 Å². The molecule has 0 aromatic heterocycles. The van der Waals surface area contributed by atoms with Gasteiger partial charge in [-0.2, -0.15) is 0 Å². The van der Waals surface area contributed by atoms with E-state index in [1.807, 2.05) is 13.8 Å². The fourth-order valence-electron chi connectivity index (χ4n) is 2.18. The zero-order valence-corrected chi connectivity index (χ0v) is 13.4. The minimum atomic E-state index is -3.44.